The van der Waals surface area contributed by atoms with Crippen LogP contribution in [0.2, 0.25) is 0 Å². The average Bonchev–Trinajstić information content (AvgIpc) is 3.26. The molecule has 0 saturated heterocycles. The molecule has 1 N–H and O–H groups in total. The maximum Gasteiger partial charge on any atom is 0.335 e. The number of alkyl halides is 2. The fourth-order valence-corrected chi connectivity index (χ4v) is 4.57. The molecule has 8 heteroatoms. The van der Waals surface area contributed by atoms with E-state index < -0.39 is 11.9 Å². The molecule has 0 aliphatic heterocycles. The molecular weight excluding hydrogens is 416 g/mol. The molecule has 5 rings (SSSR count). The summed E-state index contributed by atoms with van der Waals surface area (Å²) < 4.78 is 34.0. The third-order valence-electron chi connectivity index (χ3n) is 6.12. The average molecular weight is 437 g/mol. The molecule has 0 amide bonds. The van der Waals surface area contributed by atoms with E-state index in [0.29, 0.717) is 17.8 Å². The summed E-state index contributed by atoms with van der Waals surface area (Å²) in [6, 6.07) is 8.51. The lowest BCUT2D eigenvalue weighted by Crippen LogP contribution is -2.36. The molecule has 0 unspecified atom stereocenters. The second kappa shape index (κ2) is 7.25. The first kappa shape index (κ1) is 20.4. The number of carboxylic acid groups (broad SMARTS) is 1. The van der Waals surface area contributed by atoms with Crippen LogP contribution < -0.4 is 0 Å². The number of hydrogen-bond donors (Lipinski definition) is 1. The number of carboxylic acids is 1. The minimum atomic E-state index is -2.57. The second-order valence-corrected chi connectivity index (χ2v) is 8.51. The molecule has 1 aliphatic rings. The third-order valence-corrected chi connectivity index (χ3v) is 6.12. The van der Waals surface area contributed by atoms with Gasteiger partial charge in [0.25, 0.3) is 0 Å². The summed E-state index contributed by atoms with van der Waals surface area (Å²) in [4.78, 5) is 15.9. The molecule has 164 valence electrons. The highest BCUT2D eigenvalue weighted by atomic mass is 19.3. The van der Waals surface area contributed by atoms with E-state index in [1.54, 1.807) is 18.3 Å². The van der Waals surface area contributed by atoms with E-state index in [2.05, 4.69) is 10.1 Å². The maximum atomic E-state index is 13.4. The minimum absolute atomic E-state index is 0.0823. The first-order chi connectivity index (χ1) is 15.2. The highest BCUT2D eigenvalue weighted by Gasteiger charge is 2.45. The van der Waals surface area contributed by atoms with Gasteiger partial charge in [-0.15, -0.1) is 0 Å². The van der Waals surface area contributed by atoms with E-state index >= 15 is 0 Å². The lowest BCUT2D eigenvalue weighted by molar-refractivity contribution is -0.109. The van der Waals surface area contributed by atoms with Gasteiger partial charge >= 0.3 is 5.97 Å². The Hall–Kier alpha value is -3.55. The standard InChI is InChI=1S/C24H21F2N3O3/c1-13-21(14(2)32-28-13)17-8-20-18(7-15-9-24(25,26)10-15)12-29(22(20)27-11-17)19-5-3-16(4-6-19)23(30)31/h3-6,8,11-12,15H,7,9-10H2,1-2H3,(H,30,31). The zero-order valence-electron chi connectivity index (χ0n) is 17.6. The molecule has 6 nitrogen and oxygen atoms in total. The Labute approximate surface area is 182 Å². The monoisotopic (exact) mass is 437 g/mol. The van der Waals surface area contributed by atoms with Crippen molar-refractivity contribution >= 4 is 17.0 Å². The second-order valence-electron chi connectivity index (χ2n) is 8.51. The van der Waals surface area contributed by atoms with Crippen LogP contribution in [0, 0.1) is 19.8 Å². The van der Waals surface area contributed by atoms with Crippen LogP contribution in [0.5, 0.6) is 0 Å². The molecule has 1 saturated carbocycles. The van der Waals surface area contributed by atoms with Gasteiger partial charge in [-0.2, -0.15) is 0 Å². The fourth-order valence-electron chi connectivity index (χ4n) is 4.57. The van der Waals surface area contributed by atoms with Gasteiger partial charge in [-0.3, -0.25) is 0 Å². The summed E-state index contributed by atoms with van der Waals surface area (Å²) in [5.41, 5.74) is 5.05. The van der Waals surface area contributed by atoms with Crippen molar-refractivity contribution in [1.82, 2.24) is 14.7 Å². The van der Waals surface area contributed by atoms with Gasteiger partial charge in [-0.1, -0.05) is 5.16 Å². The van der Waals surface area contributed by atoms with Gasteiger partial charge in [0.1, 0.15) is 11.4 Å². The van der Waals surface area contributed by atoms with Crippen LogP contribution in [-0.4, -0.2) is 31.7 Å². The Kier molecular flexibility index (Phi) is 4.62. The van der Waals surface area contributed by atoms with Crippen LogP contribution in [0.15, 0.2) is 47.2 Å². The Morgan fingerprint density at radius 1 is 1.25 bits per heavy atom. The number of fused-ring (bicyclic) bond motifs is 1. The number of benzene rings is 1. The van der Waals surface area contributed by atoms with E-state index in [-0.39, 0.29) is 24.3 Å². The lowest BCUT2D eigenvalue weighted by Gasteiger charge is -2.34. The normalized spacial score (nSPS) is 15.8. The van der Waals surface area contributed by atoms with Gasteiger partial charge in [0.15, 0.2) is 0 Å². The minimum Gasteiger partial charge on any atom is -0.478 e. The Balaban J connectivity index is 1.62. The Morgan fingerprint density at radius 3 is 2.56 bits per heavy atom. The van der Waals surface area contributed by atoms with Gasteiger partial charge < -0.3 is 14.2 Å². The summed E-state index contributed by atoms with van der Waals surface area (Å²) in [6.07, 6.45) is 3.98. The largest absolute Gasteiger partial charge is 0.478 e. The highest BCUT2D eigenvalue weighted by Crippen LogP contribution is 2.45. The number of aromatic nitrogens is 3. The van der Waals surface area contributed by atoms with Crippen molar-refractivity contribution in [2.45, 2.75) is 39.0 Å². The number of nitrogens with zero attached hydrogens (tertiary/aromatic N) is 3. The quantitative estimate of drug-likeness (QED) is 0.441. The SMILES string of the molecule is Cc1noc(C)c1-c1cnc2c(c1)c(CC1CC(F)(F)C1)cn2-c1ccc(C(=O)O)cc1. The van der Waals surface area contributed by atoms with Crippen molar-refractivity contribution in [2.24, 2.45) is 5.92 Å². The van der Waals surface area contributed by atoms with Gasteiger partial charge in [0.05, 0.1) is 11.3 Å². The zero-order valence-corrected chi connectivity index (χ0v) is 17.6. The first-order valence-electron chi connectivity index (χ1n) is 10.4. The number of aromatic carboxylic acids is 1. The smallest absolute Gasteiger partial charge is 0.335 e. The molecule has 0 atom stereocenters. The van der Waals surface area contributed by atoms with Crippen molar-refractivity contribution in [1.29, 1.82) is 0 Å². The zero-order chi connectivity index (χ0) is 22.6. The molecule has 0 bridgehead atoms. The molecule has 3 aromatic heterocycles. The van der Waals surface area contributed by atoms with Crippen molar-refractivity contribution in [3.05, 3.63) is 65.3 Å². The fraction of sp³-hybridized carbons (Fsp3) is 0.292. The third kappa shape index (κ3) is 3.45. The van der Waals surface area contributed by atoms with Crippen LogP contribution in [0.25, 0.3) is 27.8 Å². The van der Waals surface area contributed by atoms with Gasteiger partial charge in [-0.05, 0) is 62.1 Å². The number of carbonyl (C=O) groups is 1. The molecule has 3 heterocycles. The molecular formula is C24H21F2N3O3. The predicted octanol–water partition coefficient (Wildman–Crippen LogP) is 5.58. The summed E-state index contributed by atoms with van der Waals surface area (Å²) in [5.74, 6) is -2.97. The van der Waals surface area contributed by atoms with Crippen molar-refractivity contribution in [3.8, 4) is 16.8 Å². The number of rotatable bonds is 5. The molecule has 32 heavy (non-hydrogen) atoms. The van der Waals surface area contributed by atoms with E-state index in [0.717, 1.165) is 33.5 Å². The van der Waals surface area contributed by atoms with E-state index in [4.69, 9.17) is 9.63 Å². The summed E-state index contributed by atoms with van der Waals surface area (Å²) in [5, 5.41) is 14.1. The van der Waals surface area contributed by atoms with E-state index in [9.17, 15) is 13.6 Å². The van der Waals surface area contributed by atoms with Crippen molar-refractivity contribution in [2.75, 3.05) is 0 Å². The van der Waals surface area contributed by atoms with Gasteiger partial charge in [0.2, 0.25) is 5.92 Å². The number of pyridine rings is 1. The van der Waals surface area contributed by atoms with Crippen LogP contribution in [0.4, 0.5) is 8.78 Å². The topological polar surface area (TPSA) is 81.2 Å². The van der Waals surface area contributed by atoms with Crippen LogP contribution in [-0.2, 0) is 6.42 Å². The Bertz CT molecular complexity index is 1310. The van der Waals surface area contributed by atoms with Crippen LogP contribution in [0.3, 0.4) is 0 Å². The summed E-state index contributed by atoms with van der Waals surface area (Å²) in [6.45, 7) is 3.70. The summed E-state index contributed by atoms with van der Waals surface area (Å²) >= 11 is 0. The van der Waals surface area contributed by atoms with Crippen molar-refractivity contribution < 1.29 is 23.2 Å². The van der Waals surface area contributed by atoms with Crippen molar-refractivity contribution in [3.63, 3.8) is 0 Å². The predicted molar refractivity (Wildman–Crippen MR) is 114 cm³/mol. The van der Waals surface area contributed by atoms with Gasteiger partial charge in [-0.25, -0.2) is 18.6 Å². The molecule has 0 spiro atoms. The number of aryl methyl sites for hydroxylation is 2. The maximum absolute atomic E-state index is 13.4. The Morgan fingerprint density at radius 2 is 1.97 bits per heavy atom. The molecule has 1 aliphatic carbocycles. The van der Waals surface area contributed by atoms with Crippen LogP contribution >= 0.6 is 0 Å². The van der Waals surface area contributed by atoms with Gasteiger partial charge in [0, 0.05) is 47.4 Å². The highest BCUT2D eigenvalue weighted by molar-refractivity contribution is 5.89. The van der Waals surface area contributed by atoms with E-state index in [1.807, 2.05) is 30.7 Å². The number of halogens is 2. The molecule has 1 fully saturated rings. The number of hydrogen-bond acceptors (Lipinski definition) is 4. The lowest BCUT2D eigenvalue weighted by atomic mass is 9.77. The molecule has 1 aromatic carbocycles. The van der Waals surface area contributed by atoms with E-state index in [1.165, 1.54) is 12.1 Å². The first-order valence-corrected chi connectivity index (χ1v) is 10.4. The molecule has 0 radical (unpaired) electrons. The van der Waals surface area contributed by atoms with Crippen LogP contribution in [0.1, 0.15) is 40.2 Å². The summed E-state index contributed by atoms with van der Waals surface area (Å²) in [7, 11) is 0. The molecule has 4 aromatic rings.